The molecular formula is C31H44. The number of hydrogen-bond acceptors (Lipinski definition) is 0. The van der Waals surface area contributed by atoms with Crippen molar-refractivity contribution in [3.63, 3.8) is 0 Å². The van der Waals surface area contributed by atoms with Crippen LogP contribution in [0.2, 0.25) is 0 Å². The second-order valence-electron chi connectivity index (χ2n) is 8.72. The molecule has 0 N–H and O–H groups in total. The Bertz CT molecular complexity index is 722. The predicted molar refractivity (Wildman–Crippen MR) is 140 cm³/mol. The smallest absolute Gasteiger partial charge is 0.00258 e. The van der Waals surface area contributed by atoms with Gasteiger partial charge in [-0.2, -0.15) is 0 Å². The van der Waals surface area contributed by atoms with Crippen LogP contribution in [0.15, 0.2) is 72.8 Å². The third kappa shape index (κ3) is 13.6. The largest absolute Gasteiger partial charge is 0.0654 e. The Morgan fingerprint density at radius 2 is 0.645 bits per heavy atom. The molecule has 31 heavy (non-hydrogen) atoms. The first-order valence-corrected chi connectivity index (χ1v) is 12.1. The molecule has 3 aromatic carbocycles. The number of rotatable bonds is 7. The maximum Gasteiger partial charge on any atom is -0.00258 e. The average molecular weight is 417 g/mol. The van der Waals surface area contributed by atoms with Gasteiger partial charge in [0.05, 0.1) is 0 Å². The lowest BCUT2D eigenvalue weighted by Crippen LogP contribution is -1.88. The van der Waals surface area contributed by atoms with Crippen LogP contribution >= 0.6 is 0 Å². The van der Waals surface area contributed by atoms with E-state index in [1.165, 1.54) is 71.9 Å². The summed E-state index contributed by atoms with van der Waals surface area (Å²) < 4.78 is 0. The second kappa shape index (κ2) is 16.4. The van der Waals surface area contributed by atoms with Crippen molar-refractivity contribution >= 4 is 0 Å². The molecule has 3 rings (SSSR count). The SMILES string of the molecule is CCCCCCCC.Cc1ccc(C)cc1.Cc1ccc(Cc2ccc(C)cc2)cc1. The number of unbranched alkanes of at least 4 members (excludes halogenated alkanes) is 5. The van der Waals surface area contributed by atoms with Crippen molar-refractivity contribution in [2.45, 2.75) is 86.5 Å². The van der Waals surface area contributed by atoms with Gasteiger partial charge in [0.2, 0.25) is 0 Å². The van der Waals surface area contributed by atoms with Crippen molar-refractivity contribution < 1.29 is 0 Å². The first kappa shape index (κ1) is 26.7. The van der Waals surface area contributed by atoms with Crippen LogP contribution in [0.5, 0.6) is 0 Å². The summed E-state index contributed by atoms with van der Waals surface area (Å²) in [6.45, 7) is 12.9. The van der Waals surface area contributed by atoms with Crippen LogP contribution in [0.4, 0.5) is 0 Å². The average Bonchev–Trinajstić information content (AvgIpc) is 2.77. The van der Waals surface area contributed by atoms with Crippen LogP contribution in [0, 0.1) is 27.7 Å². The molecular weight excluding hydrogens is 372 g/mol. The molecule has 0 aliphatic heterocycles. The van der Waals surface area contributed by atoms with E-state index in [2.05, 4.69) is 114 Å². The first-order valence-electron chi connectivity index (χ1n) is 12.1. The summed E-state index contributed by atoms with van der Waals surface area (Å²) in [7, 11) is 0. The van der Waals surface area contributed by atoms with Crippen LogP contribution in [0.25, 0.3) is 0 Å². The fourth-order valence-corrected chi connectivity index (χ4v) is 3.14. The summed E-state index contributed by atoms with van der Waals surface area (Å²) in [5.74, 6) is 0. The maximum atomic E-state index is 2.26. The molecule has 0 radical (unpaired) electrons. The van der Waals surface area contributed by atoms with Crippen molar-refractivity contribution in [2.24, 2.45) is 0 Å². The Kier molecular flexibility index (Phi) is 14.1. The van der Waals surface area contributed by atoms with Gasteiger partial charge in [-0.1, -0.05) is 147 Å². The highest BCUT2D eigenvalue weighted by Crippen LogP contribution is 2.11. The molecule has 0 unspecified atom stereocenters. The van der Waals surface area contributed by atoms with Gasteiger partial charge in [-0.25, -0.2) is 0 Å². The Labute approximate surface area is 192 Å². The van der Waals surface area contributed by atoms with Crippen LogP contribution < -0.4 is 0 Å². The Balaban J connectivity index is 0.000000256. The molecule has 0 saturated heterocycles. The van der Waals surface area contributed by atoms with E-state index in [1.54, 1.807) is 0 Å². The molecule has 3 aromatic rings. The Hall–Kier alpha value is -2.34. The van der Waals surface area contributed by atoms with Gasteiger partial charge < -0.3 is 0 Å². The lowest BCUT2D eigenvalue weighted by atomic mass is 10.0. The summed E-state index contributed by atoms with van der Waals surface area (Å²) in [6, 6.07) is 26.0. The summed E-state index contributed by atoms with van der Waals surface area (Å²) in [5, 5.41) is 0. The summed E-state index contributed by atoms with van der Waals surface area (Å²) >= 11 is 0. The topological polar surface area (TPSA) is 0 Å². The highest BCUT2D eigenvalue weighted by Gasteiger charge is 1.95. The van der Waals surface area contributed by atoms with Gasteiger partial charge in [-0.15, -0.1) is 0 Å². The van der Waals surface area contributed by atoms with Gasteiger partial charge in [-0.3, -0.25) is 0 Å². The molecule has 0 spiro atoms. The highest BCUT2D eigenvalue weighted by atomic mass is 14.0. The lowest BCUT2D eigenvalue weighted by molar-refractivity contribution is 0.624. The minimum absolute atomic E-state index is 1.03. The Morgan fingerprint density at radius 1 is 0.387 bits per heavy atom. The van der Waals surface area contributed by atoms with Gasteiger partial charge in [0.1, 0.15) is 0 Å². The zero-order valence-corrected chi connectivity index (χ0v) is 20.9. The molecule has 0 bridgehead atoms. The molecule has 0 aliphatic rings. The van der Waals surface area contributed by atoms with Crippen molar-refractivity contribution in [2.75, 3.05) is 0 Å². The van der Waals surface area contributed by atoms with Gasteiger partial charge in [0.25, 0.3) is 0 Å². The van der Waals surface area contributed by atoms with Crippen molar-refractivity contribution in [3.8, 4) is 0 Å². The number of hydrogen-bond donors (Lipinski definition) is 0. The molecule has 0 amide bonds. The second-order valence-corrected chi connectivity index (χ2v) is 8.72. The van der Waals surface area contributed by atoms with E-state index in [-0.39, 0.29) is 0 Å². The minimum Gasteiger partial charge on any atom is -0.0654 e. The molecule has 168 valence electrons. The van der Waals surface area contributed by atoms with E-state index in [9.17, 15) is 0 Å². The van der Waals surface area contributed by atoms with Crippen molar-refractivity contribution in [1.82, 2.24) is 0 Å². The third-order valence-corrected chi connectivity index (χ3v) is 5.32. The van der Waals surface area contributed by atoms with E-state index < -0.39 is 0 Å². The quantitative estimate of drug-likeness (QED) is 0.336. The summed E-state index contributed by atoms with van der Waals surface area (Å²) in [6.07, 6.45) is 9.52. The molecule has 0 heterocycles. The highest BCUT2D eigenvalue weighted by molar-refractivity contribution is 5.29. The Morgan fingerprint density at radius 3 is 0.903 bits per heavy atom. The molecule has 0 saturated carbocycles. The summed E-state index contributed by atoms with van der Waals surface area (Å²) in [4.78, 5) is 0. The molecule has 0 aromatic heterocycles. The van der Waals surface area contributed by atoms with Crippen molar-refractivity contribution in [1.29, 1.82) is 0 Å². The van der Waals surface area contributed by atoms with Crippen LogP contribution in [-0.4, -0.2) is 0 Å². The van der Waals surface area contributed by atoms with Gasteiger partial charge >= 0.3 is 0 Å². The van der Waals surface area contributed by atoms with E-state index in [0.29, 0.717) is 0 Å². The standard InChI is InChI=1S/C15H16.C8H10.C8H18/c1-12-3-7-14(8-4-12)11-15-9-5-13(2)6-10-15;1-7-3-5-8(2)6-4-7;1-3-5-7-8-6-4-2/h3-10H,11H2,1-2H3;3-6H,1-2H3;3-8H2,1-2H3. The van der Waals surface area contributed by atoms with Crippen LogP contribution in [-0.2, 0) is 6.42 Å². The zero-order chi connectivity index (χ0) is 22.9. The predicted octanol–water partition coefficient (Wildman–Crippen LogP) is 9.56. The molecule has 0 nitrogen and oxygen atoms in total. The maximum absolute atomic E-state index is 2.26. The number of benzene rings is 3. The normalized spacial score (nSPS) is 9.87. The fraction of sp³-hybridized carbons (Fsp3) is 0.419. The zero-order valence-electron chi connectivity index (χ0n) is 20.9. The summed E-state index contributed by atoms with van der Waals surface area (Å²) in [5.41, 5.74) is 8.06. The molecule has 0 atom stereocenters. The molecule has 0 aliphatic carbocycles. The lowest BCUT2D eigenvalue weighted by Gasteiger charge is -2.03. The monoisotopic (exact) mass is 416 g/mol. The van der Waals surface area contributed by atoms with E-state index in [4.69, 9.17) is 0 Å². The van der Waals surface area contributed by atoms with E-state index in [1.807, 2.05) is 0 Å². The minimum atomic E-state index is 1.03. The van der Waals surface area contributed by atoms with E-state index >= 15 is 0 Å². The fourth-order valence-electron chi connectivity index (χ4n) is 3.14. The first-order chi connectivity index (χ1) is 14.9. The molecule has 0 heteroatoms. The molecule has 0 fully saturated rings. The van der Waals surface area contributed by atoms with E-state index in [0.717, 1.165) is 6.42 Å². The third-order valence-electron chi connectivity index (χ3n) is 5.32. The van der Waals surface area contributed by atoms with Gasteiger partial charge in [0, 0.05) is 0 Å². The van der Waals surface area contributed by atoms with Gasteiger partial charge in [-0.05, 0) is 45.2 Å². The van der Waals surface area contributed by atoms with Crippen LogP contribution in [0.1, 0.15) is 85.8 Å². The van der Waals surface area contributed by atoms with Gasteiger partial charge in [0.15, 0.2) is 0 Å². The number of aryl methyl sites for hydroxylation is 4. The van der Waals surface area contributed by atoms with Crippen molar-refractivity contribution in [3.05, 3.63) is 106 Å². The van der Waals surface area contributed by atoms with Crippen LogP contribution in [0.3, 0.4) is 0 Å².